The minimum atomic E-state index is 0.173. The van der Waals surface area contributed by atoms with Crippen LogP contribution in [-0.4, -0.2) is 17.3 Å². The average molecular weight is 234 g/mol. The fraction of sp³-hybridized carbons (Fsp3) is 0.571. The molecule has 94 valence electrons. The van der Waals surface area contributed by atoms with Gasteiger partial charge in [0.2, 0.25) is 0 Å². The molecule has 0 aliphatic carbocycles. The zero-order chi connectivity index (χ0) is 12.7. The topological polar surface area (TPSA) is 42.0 Å². The van der Waals surface area contributed by atoms with Crippen LogP contribution in [0, 0.1) is 5.92 Å². The van der Waals surface area contributed by atoms with Gasteiger partial charge in [-0.1, -0.05) is 27.2 Å². The van der Waals surface area contributed by atoms with Crippen LogP contribution in [0.4, 0.5) is 5.82 Å². The number of nitrogens with zero attached hydrogens (tertiary/aromatic N) is 1. The van der Waals surface area contributed by atoms with Crippen molar-refractivity contribution in [3.05, 3.63) is 23.9 Å². The van der Waals surface area contributed by atoms with E-state index in [2.05, 4.69) is 31.1 Å². The molecule has 0 saturated heterocycles. The first kappa shape index (κ1) is 13.7. The molecule has 1 rings (SSSR count). The Morgan fingerprint density at radius 1 is 1.47 bits per heavy atom. The fourth-order valence-corrected chi connectivity index (χ4v) is 1.64. The molecule has 0 atom stereocenters. The highest BCUT2D eigenvalue weighted by molar-refractivity contribution is 6.00. The quantitative estimate of drug-likeness (QED) is 0.579. The van der Waals surface area contributed by atoms with E-state index in [0.717, 1.165) is 30.8 Å². The van der Waals surface area contributed by atoms with Gasteiger partial charge in [-0.3, -0.25) is 4.79 Å². The molecule has 3 heteroatoms. The minimum absolute atomic E-state index is 0.173. The fourth-order valence-electron chi connectivity index (χ4n) is 1.64. The van der Waals surface area contributed by atoms with Crippen molar-refractivity contribution in [2.24, 2.45) is 5.92 Å². The average Bonchev–Trinajstić information content (AvgIpc) is 2.29. The van der Waals surface area contributed by atoms with Gasteiger partial charge in [0, 0.05) is 19.2 Å². The van der Waals surface area contributed by atoms with Crippen molar-refractivity contribution >= 4 is 11.6 Å². The lowest BCUT2D eigenvalue weighted by molar-refractivity contribution is 0.0968. The molecule has 0 amide bonds. The number of hydrogen-bond donors (Lipinski definition) is 1. The summed E-state index contributed by atoms with van der Waals surface area (Å²) >= 11 is 0. The Morgan fingerprint density at radius 3 is 2.88 bits per heavy atom. The maximum absolute atomic E-state index is 12.0. The van der Waals surface area contributed by atoms with Crippen molar-refractivity contribution in [2.75, 3.05) is 11.9 Å². The van der Waals surface area contributed by atoms with E-state index in [-0.39, 0.29) is 5.78 Å². The maximum atomic E-state index is 12.0. The SMILES string of the molecule is CCCCNc1ncccc1C(=O)CC(C)C. The summed E-state index contributed by atoms with van der Waals surface area (Å²) in [5.41, 5.74) is 0.720. The molecule has 1 heterocycles. The lowest BCUT2D eigenvalue weighted by Crippen LogP contribution is -2.11. The monoisotopic (exact) mass is 234 g/mol. The second kappa shape index (κ2) is 7.05. The highest BCUT2D eigenvalue weighted by Gasteiger charge is 2.13. The summed E-state index contributed by atoms with van der Waals surface area (Å²) in [7, 11) is 0. The largest absolute Gasteiger partial charge is 0.369 e. The van der Waals surface area contributed by atoms with Crippen LogP contribution in [-0.2, 0) is 0 Å². The molecule has 0 bridgehead atoms. The van der Waals surface area contributed by atoms with Crippen molar-refractivity contribution in [1.82, 2.24) is 4.98 Å². The van der Waals surface area contributed by atoms with Crippen molar-refractivity contribution < 1.29 is 4.79 Å². The number of unbranched alkanes of at least 4 members (excludes halogenated alkanes) is 1. The molecule has 0 saturated carbocycles. The van der Waals surface area contributed by atoms with Crippen LogP contribution in [0.15, 0.2) is 18.3 Å². The number of Topliss-reactive ketones (excluding diaryl/α,β-unsaturated/α-hetero) is 1. The third-order valence-corrected chi connectivity index (χ3v) is 2.52. The Hall–Kier alpha value is -1.38. The highest BCUT2D eigenvalue weighted by atomic mass is 16.1. The van der Waals surface area contributed by atoms with Crippen LogP contribution < -0.4 is 5.32 Å². The lowest BCUT2D eigenvalue weighted by Gasteiger charge is -2.10. The smallest absolute Gasteiger partial charge is 0.166 e. The summed E-state index contributed by atoms with van der Waals surface area (Å²) in [5, 5.41) is 3.24. The van der Waals surface area contributed by atoms with Gasteiger partial charge in [0.05, 0.1) is 5.56 Å². The van der Waals surface area contributed by atoms with Crippen LogP contribution in [0.3, 0.4) is 0 Å². The second-order valence-corrected chi connectivity index (χ2v) is 4.70. The summed E-state index contributed by atoms with van der Waals surface area (Å²) in [4.78, 5) is 16.3. The van der Waals surface area contributed by atoms with Crippen molar-refractivity contribution in [3.63, 3.8) is 0 Å². The zero-order valence-corrected chi connectivity index (χ0v) is 11.0. The number of anilines is 1. The Morgan fingerprint density at radius 2 is 2.24 bits per heavy atom. The van der Waals surface area contributed by atoms with Gasteiger partial charge in [0.1, 0.15) is 5.82 Å². The molecule has 0 aliphatic heterocycles. The van der Waals surface area contributed by atoms with Gasteiger partial charge < -0.3 is 5.32 Å². The van der Waals surface area contributed by atoms with Crippen LogP contribution >= 0.6 is 0 Å². The number of nitrogens with one attached hydrogen (secondary N) is 1. The first-order valence-corrected chi connectivity index (χ1v) is 6.37. The molecule has 0 fully saturated rings. The maximum Gasteiger partial charge on any atom is 0.166 e. The molecule has 17 heavy (non-hydrogen) atoms. The van der Waals surface area contributed by atoms with Crippen molar-refractivity contribution in [1.29, 1.82) is 0 Å². The Kier molecular flexibility index (Phi) is 5.67. The van der Waals surface area contributed by atoms with E-state index < -0.39 is 0 Å². The number of ketones is 1. The molecule has 1 N–H and O–H groups in total. The van der Waals surface area contributed by atoms with E-state index in [1.807, 2.05) is 12.1 Å². The van der Waals surface area contributed by atoms with Crippen LogP contribution in [0.5, 0.6) is 0 Å². The first-order chi connectivity index (χ1) is 8.15. The number of carbonyl (C=O) groups is 1. The van der Waals surface area contributed by atoms with Crippen molar-refractivity contribution in [3.8, 4) is 0 Å². The van der Waals surface area contributed by atoms with Gasteiger partial charge in [-0.15, -0.1) is 0 Å². The molecule has 1 aromatic rings. The minimum Gasteiger partial charge on any atom is -0.369 e. The standard InChI is InChI=1S/C14H22N2O/c1-4-5-8-15-14-12(7-6-9-16-14)13(17)10-11(2)3/h6-7,9,11H,4-5,8,10H2,1-3H3,(H,15,16). The Labute approximate surface area is 104 Å². The van der Waals surface area contributed by atoms with Crippen LogP contribution in [0.25, 0.3) is 0 Å². The molecule has 1 aromatic heterocycles. The van der Waals surface area contributed by atoms with Crippen LogP contribution in [0.2, 0.25) is 0 Å². The predicted octanol–water partition coefficient (Wildman–Crippen LogP) is 3.52. The van der Waals surface area contributed by atoms with Gasteiger partial charge in [0.15, 0.2) is 5.78 Å². The molecule has 0 aromatic carbocycles. The summed E-state index contributed by atoms with van der Waals surface area (Å²) in [5.74, 6) is 1.28. The normalized spacial score (nSPS) is 10.6. The third-order valence-electron chi connectivity index (χ3n) is 2.52. The van der Waals surface area contributed by atoms with E-state index in [1.54, 1.807) is 6.20 Å². The van der Waals surface area contributed by atoms with Gasteiger partial charge in [-0.25, -0.2) is 4.98 Å². The second-order valence-electron chi connectivity index (χ2n) is 4.70. The van der Waals surface area contributed by atoms with E-state index in [1.165, 1.54) is 0 Å². The van der Waals surface area contributed by atoms with E-state index >= 15 is 0 Å². The van der Waals surface area contributed by atoms with E-state index in [4.69, 9.17) is 0 Å². The Bertz CT molecular complexity index is 361. The van der Waals surface area contributed by atoms with Gasteiger partial charge >= 0.3 is 0 Å². The molecule has 0 aliphatic rings. The van der Waals surface area contributed by atoms with Crippen molar-refractivity contribution in [2.45, 2.75) is 40.0 Å². The summed E-state index contributed by atoms with van der Waals surface area (Å²) in [6, 6.07) is 3.67. The van der Waals surface area contributed by atoms with E-state index in [0.29, 0.717) is 12.3 Å². The summed E-state index contributed by atoms with van der Waals surface area (Å²) in [6.07, 6.45) is 4.53. The number of pyridine rings is 1. The molecule has 0 unspecified atom stereocenters. The number of hydrogen-bond acceptors (Lipinski definition) is 3. The number of carbonyl (C=O) groups excluding carboxylic acids is 1. The van der Waals surface area contributed by atoms with Gasteiger partial charge in [-0.05, 0) is 24.5 Å². The van der Waals surface area contributed by atoms with Gasteiger partial charge in [0.25, 0.3) is 0 Å². The molecular weight excluding hydrogens is 212 g/mol. The molecule has 3 nitrogen and oxygen atoms in total. The Balaban J connectivity index is 2.73. The summed E-state index contributed by atoms with van der Waals surface area (Å²) in [6.45, 7) is 7.12. The number of aromatic nitrogens is 1. The molecule has 0 radical (unpaired) electrons. The lowest BCUT2D eigenvalue weighted by atomic mass is 10.0. The summed E-state index contributed by atoms with van der Waals surface area (Å²) < 4.78 is 0. The predicted molar refractivity (Wildman–Crippen MR) is 71.4 cm³/mol. The van der Waals surface area contributed by atoms with Crippen LogP contribution in [0.1, 0.15) is 50.4 Å². The zero-order valence-electron chi connectivity index (χ0n) is 11.0. The third kappa shape index (κ3) is 4.55. The highest BCUT2D eigenvalue weighted by Crippen LogP contribution is 2.16. The van der Waals surface area contributed by atoms with E-state index in [9.17, 15) is 4.79 Å². The molecule has 0 spiro atoms. The first-order valence-electron chi connectivity index (χ1n) is 6.37. The molecular formula is C14H22N2O. The van der Waals surface area contributed by atoms with Gasteiger partial charge in [-0.2, -0.15) is 0 Å². The number of rotatable bonds is 7.